The Labute approximate surface area is 94.8 Å². The van der Waals surface area contributed by atoms with E-state index in [1.807, 2.05) is 19.1 Å². The maximum atomic E-state index is 11.9. The van der Waals surface area contributed by atoms with Gasteiger partial charge in [0.1, 0.15) is 0 Å². The standard InChI is InChI=1S/C10H11BrF3N/c1-7-2-3-8(11)9(6-7)15-5-4-10(12,13)14/h2-3,6,15H,4-5H2,1H3. The molecule has 1 N–H and O–H groups in total. The Bertz CT molecular complexity index is 336. The fourth-order valence-corrected chi connectivity index (χ4v) is 1.50. The van der Waals surface area contributed by atoms with Gasteiger partial charge in [0.05, 0.1) is 6.42 Å². The van der Waals surface area contributed by atoms with Gasteiger partial charge in [-0.25, -0.2) is 0 Å². The SMILES string of the molecule is Cc1ccc(Br)c(NCCC(F)(F)F)c1. The molecule has 0 bridgehead atoms. The highest BCUT2D eigenvalue weighted by Crippen LogP contribution is 2.24. The molecule has 15 heavy (non-hydrogen) atoms. The summed E-state index contributed by atoms with van der Waals surface area (Å²) in [6, 6.07) is 5.50. The van der Waals surface area contributed by atoms with E-state index in [1.54, 1.807) is 6.07 Å². The van der Waals surface area contributed by atoms with E-state index in [-0.39, 0.29) is 6.54 Å². The molecule has 1 aromatic rings. The van der Waals surface area contributed by atoms with Crippen molar-refractivity contribution in [2.75, 3.05) is 11.9 Å². The van der Waals surface area contributed by atoms with Gasteiger partial charge in [0.15, 0.2) is 0 Å². The van der Waals surface area contributed by atoms with Crippen molar-refractivity contribution in [1.29, 1.82) is 0 Å². The number of aryl methyl sites for hydroxylation is 1. The third-order valence-electron chi connectivity index (χ3n) is 1.85. The van der Waals surface area contributed by atoms with Gasteiger partial charge in [0.2, 0.25) is 0 Å². The largest absolute Gasteiger partial charge is 0.390 e. The van der Waals surface area contributed by atoms with Crippen LogP contribution in [0.15, 0.2) is 22.7 Å². The van der Waals surface area contributed by atoms with Crippen LogP contribution in [0.4, 0.5) is 18.9 Å². The Kier molecular flexibility index (Phi) is 4.02. The lowest BCUT2D eigenvalue weighted by Crippen LogP contribution is -2.14. The number of nitrogens with one attached hydrogen (secondary N) is 1. The lowest BCUT2D eigenvalue weighted by molar-refractivity contribution is -0.131. The number of hydrogen-bond acceptors (Lipinski definition) is 1. The van der Waals surface area contributed by atoms with Gasteiger partial charge in [-0.2, -0.15) is 13.2 Å². The molecular weight excluding hydrogens is 271 g/mol. The monoisotopic (exact) mass is 281 g/mol. The molecule has 1 rings (SSSR count). The van der Waals surface area contributed by atoms with Crippen LogP contribution in [0.2, 0.25) is 0 Å². The second-order valence-electron chi connectivity index (χ2n) is 3.28. The molecule has 5 heteroatoms. The predicted octanol–water partition coefficient (Wildman–Crippen LogP) is 4.12. The summed E-state index contributed by atoms with van der Waals surface area (Å²) >= 11 is 3.27. The van der Waals surface area contributed by atoms with Crippen LogP contribution in [0.5, 0.6) is 0 Å². The average Bonchev–Trinajstić information content (AvgIpc) is 2.09. The first kappa shape index (κ1) is 12.4. The number of halogens is 4. The highest BCUT2D eigenvalue weighted by Gasteiger charge is 2.26. The summed E-state index contributed by atoms with van der Waals surface area (Å²) in [7, 11) is 0. The van der Waals surface area contributed by atoms with Gasteiger partial charge < -0.3 is 5.32 Å². The van der Waals surface area contributed by atoms with Gasteiger partial charge >= 0.3 is 6.18 Å². The first-order valence-corrected chi connectivity index (χ1v) is 5.24. The van der Waals surface area contributed by atoms with Crippen molar-refractivity contribution in [3.63, 3.8) is 0 Å². The first-order valence-electron chi connectivity index (χ1n) is 4.45. The maximum absolute atomic E-state index is 11.9. The molecule has 0 saturated heterocycles. The molecule has 0 unspecified atom stereocenters. The quantitative estimate of drug-likeness (QED) is 0.879. The van der Waals surface area contributed by atoms with Gasteiger partial charge in [-0.05, 0) is 40.5 Å². The number of alkyl halides is 3. The van der Waals surface area contributed by atoms with Crippen molar-refractivity contribution < 1.29 is 13.2 Å². The second kappa shape index (κ2) is 4.88. The summed E-state index contributed by atoms with van der Waals surface area (Å²) in [5.41, 5.74) is 1.70. The fourth-order valence-electron chi connectivity index (χ4n) is 1.11. The maximum Gasteiger partial charge on any atom is 0.390 e. The number of hydrogen-bond donors (Lipinski definition) is 1. The van der Waals surface area contributed by atoms with Crippen LogP contribution in [0.3, 0.4) is 0 Å². The smallest absolute Gasteiger partial charge is 0.384 e. The summed E-state index contributed by atoms with van der Waals surface area (Å²) in [6.07, 6.45) is -4.93. The Balaban J connectivity index is 2.54. The summed E-state index contributed by atoms with van der Waals surface area (Å²) in [6.45, 7) is 1.78. The van der Waals surface area contributed by atoms with Gasteiger partial charge in [0.25, 0.3) is 0 Å². The molecule has 1 nitrogen and oxygen atoms in total. The summed E-state index contributed by atoms with van der Waals surface area (Å²) in [5.74, 6) is 0. The van der Waals surface area contributed by atoms with E-state index in [0.717, 1.165) is 10.0 Å². The molecule has 0 heterocycles. The highest BCUT2D eigenvalue weighted by molar-refractivity contribution is 9.10. The van der Waals surface area contributed by atoms with Crippen molar-refractivity contribution in [2.45, 2.75) is 19.5 Å². The molecule has 0 saturated carbocycles. The van der Waals surface area contributed by atoms with Crippen LogP contribution in [0, 0.1) is 6.92 Å². The average molecular weight is 282 g/mol. The molecular formula is C10H11BrF3N. The van der Waals surface area contributed by atoms with Crippen LogP contribution >= 0.6 is 15.9 Å². The minimum atomic E-state index is -4.11. The van der Waals surface area contributed by atoms with E-state index in [9.17, 15) is 13.2 Å². The van der Waals surface area contributed by atoms with E-state index in [1.165, 1.54) is 0 Å². The van der Waals surface area contributed by atoms with E-state index >= 15 is 0 Å². The highest BCUT2D eigenvalue weighted by atomic mass is 79.9. The number of rotatable bonds is 3. The molecule has 0 aliphatic carbocycles. The zero-order chi connectivity index (χ0) is 11.5. The van der Waals surface area contributed by atoms with Crippen LogP contribution in [-0.4, -0.2) is 12.7 Å². The van der Waals surface area contributed by atoms with Crippen molar-refractivity contribution in [3.05, 3.63) is 28.2 Å². The molecule has 0 spiro atoms. The van der Waals surface area contributed by atoms with Crippen LogP contribution in [0.1, 0.15) is 12.0 Å². The molecule has 1 aromatic carbocycles. The zero-order valence-corrected chi connectivity index (χ0v) is 9.74. The number of anilines is 1. The molecule has 84 valence electrons. The molecule has 0 aromatic heterocycles. The molecule has 0 aliphatic heterocycles. The lowest BCUT2D eigenvalue weighted by atomic mass is 10.2. The van der Waals surface area contributed by atoms with Gasteiger partial charge in [0, 0.05) is 16.7 Å². The Hall–Kier alpha value is -0.710. The molecule has 0 amide bonds. The minimum absolute atomic E-state index is 0.106. The fraction of sp³-hybridized carbons (Fsp3) is 0.400. The first-order chi connectivity index (χ1) is 6.88. The lowest BCUT2D eigenvalue weighted by Gasteiger charge is -2.10. The third kappa shape index (κ3) is 4.55. The normalized spacial score (nSPS) is 11.5. The zero-order valence-electron chi connectivity index (χ0n) is 8.16. The van der Waals surface area contributed by atoms with Gasteiger partial charge in [-0.15, -0.1) is 0 Å². The molecule has 0 atom stereocenters. The Morgan fingerprint density at radius 3 is 2.60 bits per heavy atom. The van der Waals surface area contributed by atoms with Crippen molar-refractivity contribution in [3.8, 4) is 0 Å². The van der Waals surface area contributed by atoms with Crippen LogP contribution < -0.4 is 5.32 Å². The Morgan fingerprint density at radius 1 is 1.33 bits per heavy atom. The minimum Gasteiger partial charge on any atom is -0.384 e. The summed E-state index contributed by atoms with van der Waals surface area (Å²) < 4.78 is 36.4. The summed E-state index contributed by atoms with van der Waals surface area (Å²) in [4.78, 5) is 0. The third-order valence-corrected chi connectivity index (χ3v) is 2.54. The van der Waals surface area contributed by atoms with E-state index in [0.29, 0.717) is 5.69 Å². The van der Waals surface area contributed by atoms with Crippen molar-refractivity contribution in [2.24, 2.45) is 0 Å². The van der Waals surface area contributed by atoms with Crippen LogP contribution in [-0.2, 0) is 0 Å². The molecule has 0 radical (unpaired) electrons. The predicted molar refractivity (Wildman–Crippen MR) is 58.0 cm³/mol. The second-order valence-corrected chi connectivity index (χ2v) is 4.13. The summed E-state index contributed by atoms with van der Waals surface area (Å²) in [5, 5.41) is 2.74. The van der Waals surface area contributed by atoms with E-state index in [4.69, 9.17) is 0 Å². The Morgan fingerprint density at radius 2 is 2.00 bits per heavy atom. The van der Waals surface area contributed by atoms with Crippen molar-refractivity contribution >= 4 is 21.6 Å². The van der Waals surface area contributed by atoms with Crippen molar-refractivity contribution in [1.82, 2.24) is 0 Å². The van der Waals surface area contributed by atoms with Gasteiger partial charge in [-0.3, -0.25) is 0 Å². The van der Waals surface area contributed by atoms with Crippen LogP contribution in [0.25, 0.3) is 0 Å². The van der Waals surface area contributed by atoms with E-state index < -0.39 is 12.6 Å². The van der Waals surface area contributed by atoms with E-state index in [2.05, 4.69) is 21.2 Å². The van der Waals surface area contributed by atoms with Gasteiger partial charge in [-0.1, -0.05) is 6.07 Å². The topological polar surface area (TPSA) is 12.0 Å². The number of benzene rings is 1. The molecule has 0 aliphatic rings. The molecule has 0 fully saturated rings.